The molecule has 0 aliphatic carbocycles. The Morgan fingerprint density at radius 1 is 1.40 bits per heavy atom. The van der Waals surface area contributed by atoms with E-state index < -0.39 is 6.10 Å². The number of aliphatic hydroxyl groups is 1. The second-order valence-corrected chi connectivity index (χ2v) is 4.81. The first-order chi connectivity index (χ1) is 6.89. The average molecular weight is 209 g/mol. The maximum atomic E-state index is 9.81. The number of rotatable bonds is 3. The topological polar surface area (TPSA) is 58.0 Å². The van der Waals surface area contributed by atoms with E-state index >= 15 is 0 Å². The molecule has 84 valence electrons. The van der Waals surface area contributed by atoms with Crippen LogP contribution in [0.1, 0.15) is 26.5 Å². The smallest absolute Gasteiger partial charge is 0.144 e. The van der Waals surface area contributed by atoms with Crippen molar-refractivity contribution in [3.63, 3.8) is 0 Å². The molecule has 0 aliphatic rings. The zero-order valence-electron chi connectivity index (χ0n) is 9.78. The Kier molecular flexibility index (Phi) is 3.63. The third-order valence-corrected chi connectivity index (χ3v) is 2.23. The molecule has 0 saturated carbocycles. The molecule has 0 fully saturated rings. The normalized spacial score (nSPS) is 13.7. The number of anilines is 1. The van der Waals surface area contributed by atoms with Gasteiger partial charge in [-0.15, -0.1) is 0 Å². The Morgan fingerprint density at radius 2 is 2.07 bits per heavy atom. The lowest BCUT2D eigenvalue weighted by Gasteiger charge is -2.26. The lowest BCUT2D eigenvalue weighted by Crippen LogP contribution is -2.33. The minimum absolute atomic E-state index is 0.121. The van der Waals surface area contributed by atoms with Crippen LogP contribution in [0, 0.1) is 12.3 Å². The molecule has 0 aliphatic heterocycles. The van der Waals surface area contributed by atoms with E-state index in [2.05, 4.69) is 15.3 Å². The predicted molar refractivity (Wildman–Crippen MR) is 60.7 cm³/mol. The summed E-state index contributed by atoms with van der Waals surface area (Å²) < 4.78 is 0. The summed E-state index contributed by atoms with van der Waals surface area (Å²) in [6, 6.07) is 0. The van der Waals surface area contributed by atoms with Crippen LogP contribution in [0.5, 0.6) is 0 Å². The maximum absolute atomic E-state index is 9.81. The summed E-state index contributed by atoms with van der Waals surface area (Å²) in [5.74, 6) is 0.707. The van der Waals surface area contributed by atoms with Crippen LogP contribution in [0.15, 0.2) is 12.4 Å². The van der Waals surface area contributed by atoms with Gasteiger partial charge in [0.15, 0.2) is 0 Å². The van der Waals surface area contributed by atoms with Crippen LogP contribution in [0.2, 0.25) is 0 Å². The number of hydrogen-bond acceptors (Lipinski definition) is 4. The van der Waals surface area contributed by atoms with Gasteiger partial charge in [-0.3, -0.25) is 4.98 Å². The summed E-state index contributed by atoms with van der Waals surface area (Å²) in [5, 5.41) is 12.9. The molecule has 0 amide bonds. The number of hydrogen-bond donors (Lipinski definition) is 2. The molecule has 1 atom stereocenters. The molecule has 0 radical (unpaired) electrons. The molecule has 0 spiro atoms. The van der Waals surface area contributed by atoms with Crippen LogP contribution in [0.3, 0.4) is 0 Å². The minimum Gasteiger partial charge on any atom is -0.391 e. The average Bonchev–Trinajstić information content (AvgIpc) is 2.12. The SMILES string of the molecule is Cc1cncc(NCC(O)C(C)(C)C)n1. The number of nitrogens with zero attached hydrogens (tertiary/aromatic N) is 2. The van der Waals surface area contributed by atoms with Gasteiger partial charge < -0.3 is 10.4 Å². The molecule has 2 N–H and O–H groups in total. The number of aromatic nitrogens is 2. The van der Waals surface area contributed by atoms with Crippen molar-refractivity contribution in [3.8, 4) is 0 Å². The molecule has 4 heteroatoms. The highest BCUT2D eigenvalue weighted by atomic mass is 16.3. The summed E-state index contributed by atoms with van der Waals surface area (Å²) in [6.45, 7) is 8.38. The zero-order chi connectivity index (χ0) is 11.5. The lowest BCUT2D eigenvalue weighted by molar-refractivity contribution is 0.0745. The zero-order valence-corrected chi connectivity index (χ0v) is 9.78. The number of nitrogens with one attached hydrogen (secondary N) is 1. The van der Waals surface area contributed by atoms with Crippen molar-refractivity contribution in [2.45, 2.75) is 33.8 Å². The Hall–Kier alpha value is -1.16. The highest BCUT2D eigenvalue weighted by molar-refractivity contribution is 5.31. The Balaban J connectivity index is 2.51. The third kappa shape index (κ3) is 3.83. The lowest BCUT2D eigenvalue weighted by atomic mass is 9.89. The van der Waals surface area contributed by atoms with E-state index in [1.54, 1.807) is 12.4 Å². The Morgan fingerprint density at radius 3 is 2.60 bits per heavy atom. The molecule has 1 aromatic rings. The molecule has 1 heterocycles. The second kappa shape index (κ2) is 4.57. The number of aliphatic hydroxyl groups excluding tert-OH is 1. The first-order valence-corrected chi connectivity index (χ1v) is 5.10. The van der Waals surface area contributed by atoms with Crippen LogP contribution in [-0.4, -0.2) is 27.7 Å². The Labute approximate surface area is 90.8 Å². The van der Waals surface area contributed by atoms with Gasteiger partial charge in [-0.05, 0) is 12.3 Å². The van der Waals surface area contributed by atoms with E-state index in [0.29, 0.717) is 12.4 Å². The Bertz CT molecular complexity index is 320. The van der Waals surface area contributed by atoms with Crippen molar-refractivity contribution in [3.05, 3.63) is 18.1 Å². The first kappa shape index (κ1) is 11.9. The maximum Gasteiger partial charge on any atom is 0.144 e. The first-order valence-electron chi connectivity index (χ1n) is 5.10. The van der Waals surface area contributed by atoms with Gasteiger partial charge in [0.1, 0.15) is 5.82 Å². The summed E-state index contributed by atoms with van der Waals surface area (Å²) >= 11 is 0. The molecule has 4 nitrogen and oxygen atoms in total. The second-order valence-electron chi connectivity index (χ2n) is 4.81. The monoisotopic (exact) mass is 209 g/mol. The van der Waals surface area contributed by atoms with Crippen LogP contribution in [-0.2, 0) is 0 Å². The van der Waals surface area contributed by atoms with Gasteiger partial charge >= 0.3 is 0 Å². The summed E-state index contributed by atoms with van der Waals surface area (Å²) in [7, 11) is 0. The van der Waals surface area contributed by atoms with Gasteiger partial charge in [-0.1, -0.05) is 20.8 Å². The van der Waals surface area contributed by atoms with Gasteiger partial charge in [0.05, 0.1) is 18.0 Å². The van der Waals surface area contributed by atoms with Crippen molar-refractivity contribution < 1.29 is 5.11 Å². The van der Waals surface area contributed by atoms with Gasteiger partial charge in [0.25, 0.3) is 0 Å². The van der Waals surface area contributed by atoms with Gasteiger partial charge in [-0.2, -0.15) is 0 Å². The minimum atomic E-state index is -0.403. The van der Waals surface area contributed by atoms with Gasteiger partial charge in [0, 0.05) is 12.7 Å². The summed E-state index contributed by atoms with van der Waals surface area (Å²) in [5.41, 5.74) is 0.745. The molecule has 1 unspecified atom stereocenters. The standard InChI is InChI=1S/C11H19N3O/c1-8-5-12-7-10(14-8)13-6-9(15)11(2,3)4/h5,7,9,15H,6H2,1-4H3,(H,13,14). The van der Waals surface area contributed by atoms with Crippen molar-refractivity contribution in [2.24, 2.45) is 5.41 Å². The highest BCUT2D eigenvalue weighted by Crippen LogP contribution is 2.19. The van der Waals surface area contributed by atoms with Crippen molar-refractivity contribution >= 4 is 5.82 Å². The molecule has 15 heavy (non-hydrogen) atoms. The van der Waals surface area contributed by atoms with Crippen LogP contribution < -0.4 is 5.32 Å². The fraction of sp³-hybridized carbons (Fsp3) is 0.636. The predicted octanol–water partition coefficient (Wildman–Crippen LogP) is 1.60. The van der Waals surface area contributed by atoms with Gasteiger partial charge in [0.2, 0.25) is 0 Å². The molecule has 1 rings (SSSR count). The van der Waals surface area contributed by atoms with E-state index in [4.69, 9.17) is 0 Å². The molecule has 0 saturated heterocycles. The largest absolute Gasteiger partial charge is 0.391 e. The van der Waals surface area contributed by atoms with Crippen molar-refractivity contribution in [1.29, 1.82) is 0 Å². The van der Waals surface area contributed by atoms with E-state index in [1.807, 2.05) is 27.7 Å². The molecular weight excluding hydrogens is 190 g/mol. The highest BCUT2D eigenvalue weighted by Gasteiger charge is 2.21. The van der Waals surface area contributed by atoms with Crippen LogP contribution in [0.25, 0.3) is 0 Å². The molecule has 0 aromatic carbocycles. The number of aryl methyl sites for hydroxylation is 1. The third-order valence-electron chi connectivity index (χ3n) is 2.23. The fourth-order valence-electron chi connectivity index (χ4n) is 1.06. The van der Waals surface area contributed by atoms with E-state index in [1.165, 1.54) is 0 Å². The molecule has 1 aromatic heterocycles. The van der Waals surface area contributed by atoms with Crippen LogP contribution >= 0.6 is 0 Å². The summed E-state index contributed by atoms with van der Waals surface area (Å²) in [4.78, 5) is 8.26. The van der Waals surface area contributed by atoms with E-state index in [-0.39, 0.29) is 5.41 Å². The quantitative estimate of drug-likeness (QED) is 0.794. The molecular formula is C11H19N3O. The van der Waals surface area contributed by atoms with Gasteiger partial charge in [-0.25, -0.2) is 4.98 Å². The van der Waals surface area contributed by atoms with Crippen molar-refractivity contribution in [2.75, 3.05) is 11.9 Å². The summed E-state index contributed by atoms with van der Waals surface area (Å²) in [6.07, 6.45) is 2.95. The fourth-order valence-corrected chi connectivity index (χ4v) is 1.06. The van der Waals surface area contributed by atoms with E-state index in [9.17, 15) is 5.11 Å². The van der Waals surface area contributed by atoms with Crippen LogP contribution in [0.4, 0.5) is 5.82 Å². The van der Waals surface area contributed by atoms with E-state index in [0.717, 1.165) is 5.69 Å². The molecule has 0 bridgehead atoms. The van der Waals surface area contributed by atoms with Crippen molar-refractivity contribution in [1.82, 2.24) is 9.97 Å².